The lowest BCUT2D eigenvalue weighted by Gasteiger charge is -2.48. The minimum Gasteiger partial charge on any atom is -0.465 e. The number of hydrogen-bond donors (Lipinski definition) is 2. The molecule has 0 bridgehead atoms. The van der Waals surface area contributed by atoms with Crippen LogP contribution in [0.2, 0.25) is 0 Å². The van der Waals surface area contributed by atoms with E-state index in [4.69, 9.17) is 20.7 Å². The molecule has 7 rings (SSSR count). The van der Waals surface area contributed by atoms with Crippen LogP contribution >= 0.6 is 0 Å². The molecule has 46 heavy (non-hydrogen) atoms. The lowest BCUT2D eigenvalue weighted by atomic mass is 9.96. The van der Waals surface area contributed by atoms with Crippen molar-refractivity contribution < 1.29 is 27.8 Å². The normalized spacial score (nSPS) is 19.4. The summed E-state index contributed by atoms with van der Waals surface area (Å²) in [5, 5.41) is 14.8. The quantitative estimate of drug-likeness (QED) is 0.288. The molecule has 0 spiro atoms. The van der Waals surface area contributed by atoms with Gasteiger partial charge in [-0.15, -0.1) is 0 Å². The maximum atomic E-state index is 12.9. The SMILES string of the molecule is Nc1ncnc2c1c(-c1ccc(Oc3ccc(C(F)(F)F)cc3)cc1)nn2C1CCN(C2CCN(C3CN(C(=O)O)C3)CC2)CC1. The number of alkyl halides is 3. The minimum absolute atomic E-state index is 0.154. The molecule has 0 atom stereocenters. The molecule has 0 saturated carbocycles. The first kappa shape index (κ1) is 30.2. The van der Waals surface area contributed by atoms with Gasteiger partial charge in [-0.1, -0.05) is 0 Å². The number of amides is 1. The predicted molar refractivity (Wildman–Crippen MR) is 165 cm³/mol. The number of halogens is 3. The van der Waals surface area contributed by atoms with E-state index in [1.807, 2.05) is 16.8 Å². The van der Waals surface area contributed by atoms with Gasteiger partial charge in [-0.05, 0) is 74.2 Å². The number of nitrogens with two attached hydrogens (primary N) is 1. The zero-order chi connectivity index (χ0) is 32.0. The van der Waals surface area contributed by atoms with E-state index in [2.05, 4.69) is 19.8 Å². The Bertz CT molecular complexity index is 1690. The van der Waals surface area contributed by atoms with Gasteiger partial charge in [0.2, 0.25) is 0 Å². The Morgan fingerprint density at radius 3 is 1.98 bits per heavy atom. The summed E-state index contributed by atoms with van der Waals surface area (Å²) in [5.74, 6) is 1.12. The molecular weight excluding hydrogens is 601 g/mol. The maximum absolute atomic E-state index is 12.9. The van der Waals surface area contributed by atoms with Gasteiger partial charge in [0, 0.05) is 56.9 Å². The Labute approximate surface area is 263 Å². The van der Waals surface area contributed by atoms with Crippen molar-refractivity contribution >= 4 is 22.9 Å². The Hall–Kier alpha value is -4.43. The fourth-order valence-electron chi connectivity index (χ4n) is 6.94. The molecule has 3 saturated heterocycles. The minimum atomic E-state index is -4.40. The molecule has 2 aromatic heterocycles. The van der Waals surface area contributed by atoms with Crippen molar-refractivity contribution in [1.29, 1.82) is 0 Å². The van der Waals surface area contributed by atoms with Crippen LogP contribution in [0.1, 0.15) is 37.3 Å². The number of carbonyl (C=O) groups is 1. The molecule has 1 amide bonds. The number of hydrogen-bond acceptors (Lipinski definition) is 8. The molecular formula is C32H35F3N8O3. The van der Waals surface area contributed by atoms with E-state index in [1.54, 1.807) is 12.1 Å². The molecule has 0 aliphatic carbocycles. The molecule has 4 aromatic rings. The number of benzene rings is 2. The summed E-state index contributed by atoms with van der Waals surface area (Å²) in [6.45, 7) is 5.14. The largest absolute Gasteiger partial charge is 0.465 e. The van der Waals surface area contributed by atoms with Gasteiger partial charge in [-0.25, -0.2) is 19.4 Å². The van der Waals surface area contributed by atoms with E-state index in [1.165, 1.54) is 23.4 Å². The van der Waals surface area contributed by atoms with Gasteiger partial charge < -0.3 is 25.4 Å². The van der Waals surface area contributed by atoms with Gasteiger partial charge in [-0.3, -0.25) is 4.90 Å². The number of ether oxygens (including phenoxy) is 1. The van der Waals surface area contributed by atoms with Gasteiger partial charge in [0.15, 0.2) is 5.65 Å². The number of rotatable bonds is 6. The summed E-state index contributed by atoms with van der Waals surface area (Å²) in [5.41, 5.74) is 7.77. The summed E-state index contributed by atoms with van der Waals surface area (Å²) in [6, 6.07) is 12.8. The van der Waals surface area contributed by atoms with E-state index >= 15 is 0 Å². The zero-order valence-corrected chi connectivity index (χ0v) is 25.1. The number of fused-ring (bicyclic) bond motifs is 1. The van der Waals surface area contributed by atoms with Gasteiger partial charge in [0.1, 0.15) is 29.3 Å². The predicted octanol–water partition coefficient (Wildman–Crippen LogP) is 5.35. The highest BCUT2D eigenvalue weighted by Gasteiger charge is 2.38. The zero-order valence-electron chi connectivity index (χ0n) is 25.1. The van der Waals surface area contributed by atoms with E-state index < -0.39 is 17.8 Å². The van der Waals surface area contributed by atoms with Crippen LogP contribution in [0, 0.1) is 0 Å². The van der Waals surface area contributed by atoms with Crippen LogP contribution in [0.25, 0.3) is 22.3 Å². The number of carboxylic acid groups (broad SMARTS) is 1. The second-order valence-electron chi connectivity index (χ2n) is 12.3. The van der Waals surface area contributed by atoms with Crippen molar-refractivity contribution in [2.24, 2.45) is 0 Å². The topological polar surface area (TPSA) is 126 Å². The van der Waals surface area contributed by atoms with Crippen molar-refractivity contribution in [3.8, 4) is 22.8 Å². The van der Waals surface area contributed by atoms with Crippen LogP contribution in [0.4, 0.5) is 23.8 Å². The molecule has 5 heterocycles. The van der Waals surface area contributed by atoms with Crippen LogP contribution in [-0.2, 0) is 6.18 Å². The van der Waals surface area contributed by atoms with E-state index in [9.17, 15) is 18.0 Å². The van der Waals surface area contributed by atoms with Crippen molar-refractivity contribution in [1.82, 2.24) is 34.4 Å². The summed E-state index contributed by atoms with van der Waals surface area (Å²) >= 11 is 0. The molecule has 3 aliphatic rings. The van der Waals surface area contributed by atoms with Crippen LogP contribution < -0.4 is 10.5 Å². The summed E-state index contributed by atoms with van der Waals surface area (Å²) in [7, 11) is 0. The summed E-state index contributed by atoms with van der Waals surface area (Å²) in [4.78, 5) is 26.4. The number of nitrogens with zero attached hydrogens (tertiary/aromatic N) is 7. The Kier molecular flexibility index (Phi) is 7.93. The molecule has 0 unspecified atom stereocenters. The highest BCUT2D eigenvalue weighted by molar-refractivity contribution is 5.98. The van der Waals surface area contributed by atoms with Crippen molar-refractivity contribution in [3.05, 3.63) is 60.4 Å². The number of anilines is 1. The standard InChI is InChI=1S/C32H35F3N8O3/c33-32(34,35)21-3-7-26(8-4-21)46-25-5-1-20(2-6-25)28-27-29(36)37-19-38-30(27)43(39-28)23-11-15-40(16-12-23)22-9-13-41(14-10-22)24-17-42(18-24)31(44)45/h1-8,19,22-24H,9-18H2,(H,44,45)(H2,36,37,38). The molecule has 3 N–H and O–H groups in total. The van der Waals surface area contributed by atoms with E-state index in [-0.39, 0.29) is 6.04 Å². The van der Waals surface area contributed by atoms with E-state index in [0.717, 1.165) is 69.6 Å². The van der Waals surface area contributed by atoms with Gasteiger partial charge in [-0.2, -0.15) is 18.3 Å². The Morgan fingerprint density at radius 2 is 1.39 bits per heavy atom. The van der Waals surface area contributed by atoms with Crippen LogP contribution in [0.3, 0.4) is 0 Å². The van der Waals surface area contributed by atoms with Crippen molar-refractivity contribution in [3.63, 3.8) is 0 Å². The first-order valence-corrected chi connectivity index (χ1v) is 15.5. The smallest absolute Gasteiger partial charge is 0.416 e. The number of likely N-dealkylation sites (tertiary alicyclic amines) is 3. The lowest BCUT2D eigenvalue weighted by molar-refractivity contribution is -0.137. The average molecular weight is 637 g/mol. The monoisotopic (exact) mass is 636 g/mol. The van der Waals surface area contributed by atoms with Gasteiger partial charge >= 0.3 is 12.3 Å². The van der Waals surface area contributed by atoms with Crippen LogP contribution in [0.15, 0.2) is 54.9 Å². The third kappa shape index (κ3) is 5.94. The van der Waals surface area contributed by atoms with Crippen molar-refractivity contribution in [2.75, 3.05) is 45.0 Å². The third-order valence-electron chi connectivity index (χ3n) is 9.57. The lowest BCUT2D eigenvalue weighted by Crippen LogP contribution is -2.62. The van der Waals surface area contributed by atoms with Crippen LogP contribution in [-0.4, -0.2) is 97.0 Å². The summed E-state index contributed by atoms with van der Waals surface area (Å²) < 4.78 is 46.4. The van der Waals surface area contributed by atoms with E-state index in [0.29, 0.717) is 59.2 Å². The highest BCUT2D eigenvalue weighted by Crippen LogP contribution is 2.37. The second kappa shape index (κ2) is 12.1. The van der Waals surface area contributed by atoms with Gasteiger partial charge in [0.25, 0.3) is 0 Å². The molecule has 3 aliphatic heterocycles. The molecule has 0 radical (unpaired) electrons. The average Bonchev–Trinajstić information content (AvgIpc) is 3.42. The molecule has 11 nitrogen and oxygen atoms in total. The molecule has 14 heteroatoms. The first-order valence-electron chi connectivity index (χ1n) is 15.5. The van der Waals surface area contributed by atoms with Gasteiger partial charge in [0.05, 0.1) is 17.0 Å². The fraction of sp³-hybridized carbons (Fsp3) is 0.438. The number of piperidine rings is 2. The second-order valence-corrected chi connectivity index (χ2v) is 12.3. The Morgan fingerprint density at radius 1 is 0.826 bits per heavy atom. The fourth-order valence-corrected chi connectivity index (χ4v) is 6.94. The maximum Gasteiger partial charge on any atom is 0.416 e. The number of nitrogen functional groups attached to an aromatic ring is 1. The highest BCUT2D eigenvalue weighted by atomic mass is 19.4. The Balaban J connectivity index is 1.01. The molecule has 242 valence electrons. The third-order valence-corrected chi connectivity index (χ3v) is 9.57. The number of aromatic nitrogens is 4. The first-order chi connectivity index (χ1) is 22.1. The molecule has 3 fully saturated rings. The van der Waals surface area contributed by atoms with Crippen LogP contribution in [0.5, 0.6) is 11.5 Å². The summed E-state index contributed by atoms with van der Waals surface area (Å²) in [6.07, 6.45) is 0.256. The van der Waals surface area contributed by atoms with Crippen molar-refractivity contribution in [2.45, 2.75) is 50.0 Å². The molecule has 2 aromatic carbocycles.